The van der Waals surface area contributed by atoms with Crippen molar-refractivity contribution in [2.24, 2.45) is 11.3 Å². The van der Waals surface area contributed by atoms with Gasteiger partial charge in [0.05, 0.1) is 6.61 Å². The van der Waals surface area contributed by atoms with Crippen molar-refractivity contribution in [2.75, 3.05) is 40.3 Å². The van der Waals surface area contributed by atoms with Gasteiger partial charge >= 0.3 is 0 Å². The van der Waals surface area contributed by atoms with Crippen LogP contribution in [0.15, 0.2) is 24.3 Å². The molecule has 25 heavy (non-hydrogen) atoms. The van der Waals surface area contributed by atoms with Gasteiger partial charge < -0.3 is 20.3 Å². The van der Waals surface area contributed by atoms with E-state index in [4.69, 9.17) is 4.74 Å². The Balaban J connectivity index is 1.38. The first-order valence-electron chi connectivity index (χ1n) is 9.44. The summed E-state index contributed by atoms with van der Waals surface area (Å²) in [6.45, 7) is 4.47. The number of rotatable bonds is 8. The monoisotopic (exact) mass is 345 g/mol. The molecule has 2 N–H and O–H groups in total. The van der Waals surface area contributed by atoms with E-state index >= 15 is 0 Å². The summed E-state index contributed by atoms with van der Waals surface area (Å²) in [6.07, 6.45) is 4.37. The summed E-state index contributed by atoms with van der Waals surface area (Å²) in [7, 11) is 4.13. The van der Waals surface area contributed by atoms with E-state index in [2.05, 4.69) is 29.6 Å². The van der Waals surface area contributed by atoms with E-state index in [0.717, 1.165) is 63.2 Å². The topological polar surface area (TPSA) is 53.6 Å². The predicted octanol–water partition coefficient (Wildman–Crippen LogP) is 2.02. The van der Waals surface area contributed by atoms with Crippen LogP contribution in [0.2, 0.25) is 0 Å². The zero-order valence-corrected chi connectivity index (χ0v) is 15.5. The molecule has 1 aromatic carbocycles. The zero-order valence-electron chi connectivity index (χ0n) is 15.5. The van der Waals surface area contributed by atoms with Gasteiger partial charge in [-0.05, 0) is 76.0 Å². The van der Waals surface area contributed by atoms with Crippen molar-refractivity contribution in [1.29, 1.82) is 0 Å². The first kappa shape index (κ1) is 18.2. The summed E-state index contributed by atoms with van der Waals surface area (Å²) >= 11 is 0. The second kappa shape index (κ2) is 8.19. The summed E-state index contributed by atoms with van der Waals surface area (Å²) in [5, 5.41) is 6.49. The second-order valence-corrected chi connectivity index (χ2v) is 7.74. The molecule has 1 aliphatic heterocycles. The minimum absolute atomic E-state index is 0.228. The molecule has 2 aliphatic rings. The lowest BCUT2D eigenvalue weighted by molar-refractivity contribution is -0.123. The van der Waals surface area contributed by atoms with E-state index in [9.17, 15) is 4.79 Å². The highest BCUT2D eigenvalue weighted by atomic mass is 16.5. The van der Waals surface area contributed by atoms with Crippen LogP contribution in [0, 0.1) is 11.3 Å². The number of hydrogen-bond donors (Lipinski definition) is 2. The van der Waals surface area contributed by atoms with Crippen molar-refractivity contribution < 1.29 is 9.53 Å². The standard InChI is InChI=1S/C20H31N3O2/c1-23(2)12-3-13-25-17-6-4-16(5-7-17)15-22-19(24)18-14-20(18)8-10-21-11-9-20/h4-7,18,21H,3,8-15H2,1-2H3,(H,22,24). The first-order valence-corrected chi connectivity index (χ1v) is 9.44. The Morgan fingerprint density at radius 2 is 2.00 bits per heavy atom. The zero-order chi connectivity index (χ0) is 17.7. The van der Waals surface area contributed by atoms with Gasteiger partial charge in [0.25, 0.3) is 0 Å². The molecule has 5 nitrogen and oxygen atoms in total. The van der Waals surface area contributed by atoms with Crippen LogP contribution in [-0.2, 0) is 11.3 Å². The molecule has 138 valence electrons. The Morgan fingerprint density at radius 1 is 1.28 bits per heavy atom. The van der Waals surface area contributed by atoms with E-state index in [0.29, 0.717) is 12.0 Å². The molecule has 1 saturated carbocycles. The molecule has 1 heterocycles. The van der Waals surface area contributed by atoms with Gasteiger partial charge in [0, 0.05) is 19.0 Å². The van der Waals surface area contributed by atoms with Gasteiger partial charge in [0.15, 0.2) is 0 Å². The molecule has 1 aliphatic carbocycles. The third-order valence-corrected chi connectivity index (χ3v) is 5.51. The van der Waals surface area contributed by atoms with Gasteiger partial charge in [0.2, 0.25) is 5.91 Å². The number of carbonyl (C=O) groups excluding carboxylic acids is 1. The molecule has 1 saturated heterocycles. The SMILES string of the molecule is CN(C)CCCOc1ccc(CNC(=O)C2CC23CCNCC3)cc1. The summed E-state index contributed by atoms with van der Waals surface area (Å²) in [5.74, 6) is 1.35. The van der Waals surface area contributed by atoms with Crippen molar-refractivity contribution in [1.82, 2.24) is 15.5 Å². The van der Waals surface area contributed by atoms with Crippen molar-refractivity contribution in [3.8, 4) is 5.75 Å². The predicted molar refractivity (Wildman–Crippen MR) is 99.6 cm³/mol. The van der Waals surface area contributed by atoms with Crippen molar-refractivity contribution in [3.05, 3.63) is 29.8 Å². The number of hydrogen-bond acceptors (Lipinski definition) is 4. The Labute approximate surface area is 151 Å². The smallest absolute Gasteiger partial charge is 0.223 e. The van der Waals surface area contributed by atoms with Crippen LogP contribution in [-0.4, -0.2) is 51.1 Å². The fourth-order valence-electron chi connectivity index (χ4n) is 3.78. The van der Waals surface area contributed by atoms with Crippen LogP contribution in [0.1, 0.15) is 31.2 Å². The molecular formula is C20H31N3O2. The van der Waals surface area contributed by atoms with Crippen molar-refractivity contribution >= 4 is 5.91 Å². The fraction of sp³-hybridized carbons (Fsp3) is 0.650. The maximum Gasteiger partial charge on any atom is 0.223 e. The molecule has 1 aromatic rings. The van der Waals surface area contributed by atoms with Gasteiger partial charge in [-0.25, -0.2) is 0 Å². The van der Waals surface area contributed by atoms with Crippen LogP contribution in [0.3, 0.4) is 0 Å². The Kier molecular flexibility index (Phi) is 5.97. The van der Waals surface area contributed by atoms with Crippen LogP contribution in [0.4, 0.5) is 0 Å². The fourth-order valence-corrected chi connectivity index (χ4v) is 3.78. The van der Waals surface area contributed by atoms with Gasteiger partial charge in [-0.3, -0.25) is 4.79 Å². The van der Waals surface area contributed by atoms with E-state index < -0.39 is 0 Å². The number of nitrogens with one attached hydrogen (secondary N) is 2. The number of amides is 1. The lowest BCUT2D eigenvalue weighted by Crippen LogP contribution is -2.33. The molecule has 3 rings (SSSR count). The number of carbonyl (C=O) groups is 1. The minimum Gasteiger partial charge on any atom is -0.494 e. The van der Waals surface area contributed by atoms with E-state index in [-0.39, 0.29) is 11.8 Å². The molecule has 2 fully saturated rings. The molecule has 0 bridgehead atoms. The quantitative estimate of drug-likeness (QED) is 0.708. The average molecular weight is 345 g/mol. The van der Waals surface area contributed by atoms with Gasteiger partial charge in [-0.1, -0.05) is 12.1 Å². The van der Waals surface area contributed by atoms with E-state index in [1.54, 1.807) is 0 Å². The van der Waals surface area contributed by atoms with Crippen LogP contribution in [0.5, 0.6) is 5.75 Å². The van der Waals surface area contributed by atoms with Crippen LogP contribution in [0.25, 0.3) is 0 Å². The maximum atomic E-state index is 12.4. The molecule has 0 aromatic heterocycles. The largest absolute Gasteiger partial charge is 0.494 e. The third kappa shape index (κ3) is 4.95. The van der Waals surface area contributed by atoms with Crippen molar-refractivity contribution in [3.63, 3.8) is 0 Å². The van der Waals surface area contributed by atoms with Gasteiger partial charge in [0.1, 0.15) is 5.75 Å². The molecule has 0 radical (unpaired) electrons. The molecule has 5 heteroatoms. The normalized spacial score (nSPS) is 21.3. The minimum atomic E-state index is 0.228. The van der Waals surface area contributed by atoms with Crippen molar-refractivity contribution in [2.45, 2.75) is 32.2 Å². The number of benzene rings is 1. The molecule has 1 spiro atoms. The number of nitrogens with zero attached hydrogens (tertiary/aromatic N) is 1. The lowest BCUT2D eigenvalue weighted by Gasteiger charge is -2.23. The number of ether oxygens (including phenoxy) is 1. The lowest BCUT2D eigenvalue weighted by atomic mass is 9.92. The Bertz CT molecular complexity index is 565. The maximum absolute atomic E-state index is 12.4. The second-order valence-electron chi connectivity index (χ2n) is 7.74. The highest BCUT2D eigenvalue weighted by molar-refractivity contribution is 5.82. The summed E-state index contributed by atoms with van der Waals surface area (Å²) in [6, 6.07) is 8.05. The van der Waals surface area contributed by atoms with Gasteiger partial charge in [-0.2, -0.15) is 0 Å². The molecular weight excluding hydrogens is 314 g/mol. The Morgan fingerprint density at radius 3 is 2.68 bits per heavy atom. The summed E-state index contributed by atoms with van der Waals surface area (Å²) < 4.78 is 5.74. The molecule has 1 amide bonds. The number of piperidine rings is 1. The molecule has 1 atom stereocenters. The molecule has 1 unspecified atom stereocenters. The van der Waals surface area contributed by atoms with Crippen LogP contribution >= 0.6 is 0 Å². The van der Waals surface area contributed by atoms with E-state index in [1.807, 2.05) is 24.3 Å². The first-order chi connectivity index (χ1) is 12.1. The summed E-state index contributed by atoms with van der Waals surface area (Å²) in [4.78, 5) is 14.5. The third-order valence-electron chi connectivity index (χ3n) is 5.51. The highest BCUT2D eigenvalue weighted by Crippen LogP contribution is 2.58. The van der Waals surface area contributed by atoms with Gasteiger partial charge in [-0.15, -0.1) is 0 Å². The Hall–Kier alpha value is -1.59. The van der Waals surface area contributed by atoms with E-state index in [1.165, 1.54) is 0 Å². The average Bonchev–Trinajstić information content (AvgIpc) is 3.31. The van der Waals surface area contributed by atoms with Crippen LogP contribution < -0.4 is 15.4 Å². The summed E-state index contributed by atoms with van der Waals surface area (Å²) in [5.41, 5.74) is 1.42. The highest BCUT2D eigenvalue weighted by Gasteiger charge is 2.57.